The number of piperazine rings is 1. The molecule has 0 aliphatic carbocycles. The first-order valence-corrected chi connectivity index (χ1v) is 10.9. The summed E-state index contributed by atoms with van der Waals surface area (Å²) in [7, 11) is 0. The van der Waals surface area contributed by atoms with Crippen LogP contribution in [0, 0.1) is 0 Å². The molecule has 9 nitrogen and oxygen atoms in total. The summed E-state index contributed by atoms with van der Waals surface area (Å²) < 4.78 is 16.7. The zero-order valence-electron chi connectivity index (χ0n) is 17.9. The minimum Gasteiger partial charge on any atom is -0.486 e. The molecular weight excluding hydrogens is 402 g/mol. The van der Waals surface area contributed by atoms with Crippen LogP contribution in [0.25, 0.3) is 0 Å². The van der Waals surface area contributed by atoms with Crippen LogP contribution in [0.4, 0.5) is 5.69 Å². The third kappa shape index (κ3) is 5.16. The van der Waals surface area contributed by atoms with E-state index < -0.39 is 0 Å². The number of anilines is 1. The average molecular weight is 431 g/mol. The fourth-order valence-electron chi connectivity index (χ4n) is 4.14. The number of carbonyl (C=O) groups excluding carboxylic acids is 3. The molecular formula is C22H29N3O6. The van der Waals surface area contributed by atoms with E-state index in [1.54, 1.807) is 12.1 Å². The molecule has 3 heterocycles. The summed E-state index contributed by atoms with van der Waals surface area (Å²) in [6.45, 7) is 5.54. The average Bonchev–Trinajstić information content (AvgIpc) is 2.79. The lowest BCUT2D eigenvalue weighted by Crippen LogP contribution is -2.53. The first kappa shape index (κ1) is 21.6. The van der Waals surface area contributed by atoms with Crippen LogP contribution in [0.1, 0.15) is 36.5 Å². The summed E-state index contributed by atoms with van der Waals surface area (Å²) in [5, 5.41) is 2.84. The zero-order valence-corrected chi connectivity index (χ0v) is 17.9. The summed E-state index contributed by atoms with van der Waals surface area (Å²) in [5.74, 6) is 0.714. The van der Waals surface area contributed by atoms with Crippen LogP contribution in [0.15, 0.2) is 12.1 Å². The fraction of sp³-hybridized carbons (Fsp3) is 0.591. The number of hydrogen-bond acceptors (Lipinski definition) is 7. The van der Waals surface area contributed by atoms with Crippen molar-refractivity contribution in [2.45, 2.75) is 32.3 Å². The molecule has 2 fully saturated rings. The van der Waals surface area contributed by atoms with Gasteiger partial charge in [0.15, 0.2) is 17.3 Å². The molecule has 1 atom stereocenters. The number of amides is 2. The van der Waals surface area contributed by atoms with Crippen molar-refractivity contribution in [3.63, 3.8) is 0 Å². The predicted octanol–water partition coefficient (Wildman–Crippen LogP) is 1.31. The number of rotatable bonds is 5. The highest BCUT2D eigenvalue weighted by atomic mass is 16.6. The summed E-state index contributed by atoms with van der Waals surface area (Å²) in [6, 6.07) is 3.26. The van der Waals surface area contributed by atoms with Gasteiger partial charge in [0.2, 0.25) is 5.91 Å². The number of carbonyl (C=O) groups is 3. The van der Waals surface area contributed by atoms with Crippen molar-refractivity contribution in [1.82, 2.24) is 9.80 Å². The summed E-state index contributed by atoms with van der Waals surface area (Å²) in [6.07, 6.45) is 2.51. The van der Waals surface area contributed by atoms with E-state index in [1.807, 2.05) is 9.80 Å². The molecule has 2 amide bonds. The van der Waals surface area contributed by atoms with Gasteiger partial charge in [-0.05, 0) is 32.3 Å². The molecule has 0 bridgehead atoms. The van der Waals surface area contributed by atoms with E-state index in [4.69, 9.17) is 14.2 Å². The molecule has 3 aliphatic heterocycles. The van der Waals surface area contributed by atoms with Crippen molar-refractivity contribution in [2.24, 2.45) is 0 Å². The SMILES string of the molecule is CC(=O)c1cc2c(cc1NC(=O)CN1CCN(C(=O)C3CCCCO3)CC1)OCCO2. The van der Waals surface area contributed by atoms with Crippen LogP contribution >= 0.6 is 0 Å². The molecule has 0 saturated carbocycles. The van der Waals surface area contributed by atoms with Gasteiger partial charge in [-0.25, -0.2) is 0 Å². The van der Waals surface area contributed by atoms with Crippen LogP contribution in [-0.2, 0) is 14.3 Å². The predicted molar refractivity (Wildman–Crippen MR) is 113 cm³/mol. The monoisotopic (exact) mass is 431 g/mol. The highest BCUT2D eigenvalue weighted by Gasteiger charge is 2.30. The van der Waals surface area contributed by atoms with Crippen molar-refractivity contribution in [3.8, 4) is 11.5 Å². The molecule has 0 spiro atoms. The molecule has 168 valence electrons. The molecule has 1 aromatic carbocycles. The van der Waals surface area contributed by atoms with Crippen molar-refractivity contribution in [1.29, 1.82) is 0 Å². The molecule has 1 N–H and O–H groups in total. The number of fused-ring (bicyclic) bond motifs is 1. The molecule has 31 heavy (non-hydrogen) atoms. The molecule has 1 unspecified atom stereocenters. The second kappa shape index (κ2) is 9.65. The van der Waals surface area contributed by atoms with E-state index in [0.717, 1.165) is 19.3 Å². The number of benzene rings is 1. The Balaban J connectivity index is 1.31. The quantitative estimate of drug-likeness (QED) is 0.702. The first-order chi connectivity index (χ1) is 15.0. The number of nitrogens with one attached hydrogen (secondary N) is 1. The topological polar surface area (TPSA) is 97.4 Å². The van der Waals surface area contributed by atoms with E-state index in [1.165, 1.54) is 6.92 Å². The Morgan fingerprint density at radius 3 is 2.35 bits per heavy atom. The highest BCUT2D eigenvalue weighted by Crippen LogP contribution is 2.35. The van der Waals surface area contributed by atoms with Crippen LogP contribution in [-0.4, -0.2) is 86.0 Å². The minimum absolute atomic E-state index is 0.0613. The molecule has 3 aliphatic rings. The first-order valence-electron chi connectivity index (χ1n) is 10.9. The van der Waals surface area contributed by atoms with Crippen LogP contribution in [0.5, 0.6) is 11.5 Å². The molecule has 4 rings (SSSR count). The number of Topliss-reactive ketones (excluding diaryl/α,β-unsaturated/α-hetero) is 1. The second-order valence-corrected chi connectivity index (χ2v) is 8.10. The lowest BCUT2D eigenvalue weighted by atomic mass is 10.1. The summed E-state index contributed by atoms with van der Waals surface area (Å²) in [4.78, 5) is 41.1. The lowest BCUT2D eigenvalue weighted by molar-refractivity contribution is -0.148. The Morgan fingerprint density at radius 1 is 1.00 bits per heavy atom. The Morgan fingerprint density at radius 2 is 1.71 bits per heavy atom. The molecule has 0 aromatic heterocycles. The largest absolute Gasteiger partial charge is 0.486 e. The van der Waals surface area contributed by atoms with Gasteiger partial charge < -0.3 is 24.4 Å². The van der Waals surface area contributed by atoms with Crippen LogP contribution in [0.3, 0.4) is 0 Å². The van der Waals surface area contributed by atoms with Gasteiger partial charge in [0, 0.05) is 44.4 Å². The van der Waals surface area contributed by atoms with Crippen molar-refractivity contribution in [2.75, 3.05) is 57.9 Å². The zero-order chi connectivity index (χ0) is 21.8. The number of ether oxygens (including phenoxy) is 3. The van der Waals surface area contributed by atoms with E-state index >= 15 is 0 Å². The third-order valence-electron chi connectivity index (χ3n) is 5.84. The van der Waals surface area contributed by atoms with Crippen molar-refractivity contribution < 1.29 is 28.6 Å². The highest BCUT2D eigenvalue weighted by molar-refractivity contribution is 6.05. The van der Waals surface area contributed by atoms with Gasteiger partial charge >= 0.3 is 0 Å². The fourth-order valence-corrected chi connectivity index (χ4v) is 4.14. The maximum absolute atomic E-state index is 12.6. The second-order valence-electron chi connectivity index (χ2n) is 8.10. The Hall–Kier alpha value is -2.65. The Kier molecular flexibility index (Phi) is 6.72. The van der Waals surface area contributed by atoms with E-state index in [2.05, 4.69) is 5.32 Å². The summed E-state index contributed by atoms with van der Waals surface area (Å²) in [5.41, 5.74) is 0.811. The smallest absolute Gasteiger partial charge is 0.251 e. The van der Waals surface area contributed by atoms with Gasteiger partial charge in [-0.1, -0.05) is 0 Å². The normalized spacial score (nSPS) is 21.5. The summed E-state index contributed by atoms with van der Waals surface area (Å²) >= 11 is 0. The van der Waals surface area contributed by atoms with Crippen LogP contribution in [0.2, 0.25) is 0 Å². The number of hydrogen-bond donors (Lipinski definition) is 1. The third-order valence-corrected chi connectivity index (χ3v) is 5.84. The lowest BCUT2D eigenvalue weighted by Gasteiger charge is -2.36. The van der Waals surface area contributed by atoms with Crippen molar-refractivity contribution >= 4 is 23.3 Å². The van der Waals surface area contributed by atoms with E-state index in [9.17, 15) is 14.4 Å². The van der Waals surface area contributed by atoms with E-state index in [-0.39, 0.29) is 30.2 Å². The maximum atomic E-state index is 12.6. The number of ketones is 1. The number of nitrogens with zero attached hydrogens (tertiary/aromatic N) is 2. The van der Waals surface area contributed by atoms with E-state index in [0.29, 0.717) is 68.7 Å². The molecule has 1 aromatic rings. The molecule has 2 saturated heterocycles. The van der Waals surface area contributed by atoms with Gasteiger partial charge in [-0.2, -0.15) is 0 Å². The standard InChI is InChI=1S/C22H29N3O6/c1-15(26)16-12-19-20(31-11-10-30-19)13-17(16)23-21(27)14-24-5-7-25(8-6-24)22(28)18-4-2-3-9-29-18/h12-13,18H,2-11,14H2,1H3,(H,23,27). The van der Waals surface area contributed by atoms with Crippen molar-refractivity contribution in [3.05, 3.63) is 17.7 Å². The Labute approximate surface area is 181 Å². The minimum atomic E-state index is -0.316. The van der Waals surface area contributed by atoms with Gasteiger partial charge in [-0.3, -0.25) is 19.3 Å². The Bertz CT molecular complexity index is 844. The van der Waals surface area contributed by atoms with Gasteiger partial charge in [0.25, 0.3) is 5.91 Å². The van der Waals surface area contributed by atoms with Gasteiger partial charge in [-0.15, -0.1) is 0 Å². The van der Waals surface area contributed by atoms with Crippen LogP contribution < -0.4 is 14.8 Å². The maximum Gasteiger partial charge on any atom is 0.251 e. The van der Waals surface area contributed by atoms with Gasteiger partial charge in [0.05, 0.1) is 12.2 Å². The van der Waals surface area contributed by atoms with Gasteiger partial charge in [0.1, 0.15) is 19.3 Å². The molecule has 9 heteroatoms. The molecule has 0 radical (unpaired) electrons.